The molecule has 1 aliphatic heterocycles. The first-order chi connectivity index (χ1) is 20.2. The maximum atomic E-state index is 13.5. The topological polar surface area (TPSA) is 172 Å². The molecule has 4 rings (SSSR count). The fourth-order valence-electron chi connectivity index (χ4n) is 3.84. The molecule has 0 spiro atoms. The maximum Gasteiger partial charge on any atom is 0.490 e. The lowest BCUT2D eigenvalue weighted by molar-refractivity contribution is -0.192. The number of aromatic nitrogens is 1. The lowest BCUT2D eigenvalue weighted by atomic mass is 10.2. The van der Waals surface area contributed by atoms with Crippen LogP contribution in [0, 0.1) is 6.92 Å². The van der Waals surface area contributed by atoms with Crippen molar-refractivity contribution in [2.75, 3.05) is 22.9 Å². The van der Waals surface area contributed by atoms with Gasteiger partial charge in [0, 0.05) is 22.9 Å². The van der Waals surface area contributed by atoms with Crippen molar-refractivity contribution in [1.82, 2.24) is 15.0 Å². The van der Waals surface area contributed by atoms with E-state index in [2.05, 4.69) is 15.0 Å². The predicted molar refractivity (Wildman–Crippen MR) is 154 cm³/mol. The van der Waals surface area contributed by atoms with Crippen molar-refractivity contribution in [2.45, 2.75) is 36.3 Å². The zero-order valence-electron chi connectivity index (χ0n) is 22.7. The summed E-state index contributed by atoms with van der Waals surface area (Å²) in [6.07, 6.45) is -5.08. The Balaban J connectivity index is 0.000000646. The van der Waals surface area contributed by atoms with E-state index >= 15 is 0 Å². The van der Waals surface area contributed by atoms with Gasteiger partial charge >= 0.3 is 12.1 Å². The van der Waals surface area contributed by atoms with Crippen LogP contribution < -0.4 is 20.7 Å². The molecular weight excluding hydrogens is 611 g/mol. The van der Waals surface area contributed by atoms with Crippen LogP contribution in [-0.4, -0.2) is 60.8 Å². The molecule has 3 aromatic rings. The van der Waals surface area contributed by atoms with Crippen LogP contribution in [0.1, 0.15) is 16.8 Å². The molecule has 1 aromatic heterocycles. The number of carboxylic acids is 1. The summed E-state index contributed by atoms with van der Waals surface area (Å²) < 4.78 is 60.0. The summed E-state index contributed by atoms with van der Waals surface area (Å²) in [5, 5.41) is 9.94. The van der Waals surface area contributed by atoms with Crippen LogP contribution in [0.25, 0.3) is 0 Å². The van der Waals surface area contributed by atoms with Crippen LogP contribution in [0.2, 0.25) is 0 Å². The summed E-state index contributed by atoms with van der Waals surface area (Å²) in [5.74, 6) is -3.26. The van der Waals surface area contributed by atoms with Crippen LogP contribution in [0.15, 0.2) is 71.6 Å². The van der Waals surface area contributed by atoms with Gasteiger partial charge in [0.25, 0.3) is 0 Å². The minimum Gasteiger partial charge on any atom is -0.475 e. The van der Waals surface area contributed by atoms with E-state index in [1.165, 1.54) is 16.7 Å². The number of amides is 2. The van der Waals surface area contributed by atoms with E-state index in [9.17, 15) is 31.2 Å². The highest BCUT2D eigenvalue weighted by Gasteiger charge is 2.38. The number of thioether (sulfide) groups is 1. The molecule has 0 radical (unpaired) electrons. The van der Waals surface area contributed by atoms with Crippen LogP contribution in [0.4, 0.5) is 24.7 Å². The summed E-state index contributed by atoms with van der Waals surface area (Å²) in [6, 6.07) is 18.4. The molecule has 0 fully saturated rings. The molecule has 0 saturated heterocycles. The number of sulfonamides is 1. The fourth-order valence-corrected chi connectivity index (χ4v) is 6.35. The number of nitrogen functional groups attached to an aromatic ring is 1. The summed E-state index contributed by atoms with van der Waals surface area (Å²) >= 11 is 1.37. The van der Waals surface area contributed by atoms with E-state index in [0.29, 0.717) is 22.8 Å². The van der Waals surface area contributed by atoms with Crippen molar-refractivity contribution in [3.8, 4) is 0 Å². The third-order valence-electron chi connectivity index (χ3n) is 5.88. The number of anilines is 2. The van der Waals surface area contributed by atoms with Crippen molar-refractivity contribution in [3.63, 3.8) is 0 Å². The highest BCUT2D eigenvalue weighted by atomic mass is 32.2. The average molecular weight is 640 g/mol. The zero-order valence-corrected chi connectivity index (χ0v) is 24.3. The first-order valence-corrected chi connectivity index (χ1v) is 15.2. The van der Waals surface area contributed by atoms with Crippen LogP contribution >= 0.6 is 11.8 Å². The number of pyridine rings is 1. The fraction of sp³-hybridized carbons (Fsp3) is 0.259. The molecule has 0 bridgehead atoms. The van der Waals surface area contributed by atoms with Gasteiger partial charge in [-0.1, -0.05) is 48.5 Å². The number of aliphatic carboxylic acids is 1. The molecule has 16 heteroatoms. The minimum absolute atomic E-state index is 0.207. The Kier molecular flexibility index (Phi) is 11.1. The number of nitrogens with one attached hydrogen (secondary N) is 2. The van der Waals surface area contributed by atoms with Gasteiger partial charge in [-0.15, -0.1) is 11.8 Å². The van der Waals surface area contributed by atoms with Gasteiger partial charge in [-0.05, 0) is 36.2 Å². The molecular formula is C27H28F3N5O6S2. The Morgan fingerprint density at radius 1 is 1.09 bits per heavy atom. The third kappa shape index (κ3) is 9.97. The first-order valence-electron chi connectivity index (χ1n) is 12.5. The normalized spacial score (nSPS) is 15.0. The van der Waals surface area contributed by atoms with E-state index in [1.54, 1.807) is 61.5 Å². The van der Waals surface area contributed by atoms with Crippen molar-refractivity contribution in [2.24, 2.45) is 0 Å². The quantitative estimate of drug-likeness (QED) is 0.289. The van der Waals surface area contributed by atoms with Gasteiger partial charge < -0.3 is 21.1 Å². The van der Waals surface area contributed by atoms with Crippen LogP contribution in [-0.2, 0) is 36.7 Å². The number of hydrogen-bond donors (Lipinski definition) is 4. The molecule has 2 amide bonds. The van der Waals surface area contributed by atoms with Gasteiger partial charge in [-0.25, -0.2) is 22.9 Å². The van der Waals surface area contributed by atoms with Crippen LogP contribution in [0.3, 0.4) is 0 Å². The van der Waals surface area contributed by atoms with Gasteiger partial charge in [-0.2, -0.15) is 13.2 Å². The van der Waals surface area contributed by atoms with Gasteiger partial charge in [0.2, 0.25) is 21.8 Å². The molecule has 2 heterocycles. The minimum atomic E-state index is -5.08. The lowest BCUT2D eigenvalue weighted by Crippen LogP contribution is -2.51. The Hall–Kier alpha value is -4.15. The summed E-state index contributed by atoms with van der Waals surface area (Å²) in [4.78, 5) is 41.6. The second-order valence-electron chi connectivity index (χ2n) is 9.18. The average Bonchev–Trinajstić information content (AvgIpc) is 3.05. The van der Waals surface area contributed by atoms with E-state index in [0.717, 1.165) is 10.5 Å². The smallest absolute Gasteiger partial charge is 0.475 e. The number of halogens is 3. The molecule has 0 saturated carbocycles. The summed E-state index contributed by atoms with van der Waals surface area (Å²) in [5.41, 5.74) is 8.38. The van der Waals surface area contributed by atoms with Crippen molar-refractivity contribution < 1.29 is 41.1 Å². The molecule has 1 atom stereocenters. The number of fused-ring (bicyclic) bond motifs is 1. The number of alkyl halides is 3. The van der Waals surface area contributed by atoms with Crippen molar-refractivity contribution >= 4 is 51.1 Å². The van der Waals surface area contributed by atoms with Gasteiger partial charge in [0.1, 0.15) is 18.4 Å². The Morgan fingerprint density at radius 3 is 2.35 bits per heavy atom. The molecule has 43 heavy (non-hydrogen) atoms. The molecule has 2 aromatic carbocycles. The monoisotopic (exact) mass is 639 g/mol. The number of hydrogen-bond acceptors (Lipinski definition) is 8. The Labute approximate surface area is 249 Å². The molecule has 0 aliphatic carbocycles. The summed E-state index contributed by atoms with van der Waals surface area (Å²) in [6.45, 7) is 1.77. The number of rotatable bonds is 8. The van der Waals surface area contributed by atoms with E-state index < -0.39 is 34.1 Å². The number of nitrogens with zero attached hydrogens (tertiary/aromatic N) is 2. The molecule has 0 unspecified atom stereocenters. The van der Waals surface area contributed by atoms with Gasteiger partial charge in [0.05, 0.1) is 11.4 Å². The van der Waals surface area contributed by atoms with E-state index in [1.807, 2.05) is 12.1 Å². The number of carbonyl (C=O) groups excluding carboxylic acids is 2. The van der Waals surface area contributed by atoms with E-state index in [4.69, 9.17) is 15.6 Å². The Morgan fingerprint density at radius 2 is 1.72 bits per heavy atom. The number of aryl methyl sites for hydroxylation is 1. The number of benzene rings is 2. The van der Waals surface area contributed by atoms with Crippen molar-refractivity contribution in [1.29, 1.82) is 0 Å². The summed E-state index contributed by atoms with van der Waals surface area (Å²) in [7, 11) is -3.81. The molecule has 1 aliphatic rings. The standard InChI is InChI=1S/C25H27N5O4S2.C2HF3O2/c1-17-19(11-12-23(26)28-17)13-27-24(31)14-30-21-9-5-6-10-22(21)35-15-20(25(30)32)29-36(33,34)16-18-7-3-2-4-8-18;3-2(4,5)1(6)7/h2-12,20,29H,13-16H2,1H3,(H2,26,28)(H,27,31);(H,6,7)/t20-;/m1./s1. The maximum absolute atomic E-state index is 13.5. The number of para-hydroxylation sites is 1. The number of nitrogens with two attached hydrogens (primary N) is 1. The van der Waals surface area contributed by atoms with Gasteiger partial charge in [0.15, 0.2) is 0 Å². The lowest BCUT2D eigenvalue weighted by Gasteiger charge is -2.25. The van der Waals surface area contributed by atoms with Gasteiger partial charge in [-0.3, -0.25) is 9.59 Å². The number of carbonyl (C=O) groups is 3. The Bertz CT molecular complexity index is 1570. The largest absolute Gasteiger partial charge is 0.490 e. The SMILES string of the molecule is Cc1nc(N)ccc1CNC(=O)CN1C(=O)[C@H](NS(=O)(=O)Cc2ccccc2)CSc2ccccc21.O=C(O)C(F)(F)F. The molecule has 11 nitrogen and oxygen atoms in total. The highest BCUT2D eigenvalue weighted by Crippen LogP contribution is 2.34. The third-order valence-corrected chi connectivity index (χ3v) is 8.40. The zero-order chi connectivity index (χ0) is 31.8. The van der Waals surface area contributed by atoms with Crippen LogP contribution in [0.5, 0.6) is 0 Å². The number of carboxylic acid groups (broad SMARTS) is 1. The highest BCUT2D eigenvalue weighted by molar-refractivity contribution is 7.99. The predicted octanol–water partition coefficient (Wildman–Crippen LogP) is 2.85. The second-order valence-corrected chi connectivity index (χ2v) is 12.0. The second kappa shape index (κ2) is 14.3. The van der Waals surface area contributed by atoms with Crippen molar-refractivity contribution in [3.05, 3.63) is 83.6 Å². The molecule has 230 valence electrons. The first kappa shape index (κ1) is 33.4. The molecule has 5 N–H and O–H groups in total. The van der Waals surface area contributed by atoms with E-state index in [-0.39, 0.29) is 30.5 Å².